The predicted octanol–water partition coefficient (Wildman–Crippen LogP) is 4.00. The van der Waals surface area contributed by atoms with Crippen molar-refractivity contribution < 1.29 is 14.6 Å². The van der Waals surface area contributed by atoms with Gasteiger partial charge in [-0.25, -0.2) is 4.79 Å². The molecular formula is C16H14BrNO3. The van der Waals surface area contributed by atoms with Crippen molar-refractivity contribution in [3.8, 4) is 5.75 Å². The lowest BCUT2D eigenvalue weighted by molar-refractivity contribution is -0.131. The van der Waals surface area contributed by atoms with Crippen LogP contribution < -0.4 is 10.1 Å². The summed E-state index contributed by atoms with van der Waals surface area (Å²) in [5.74, 6) is -0.340. The van der Waals surface area contributed by atoms with Crippen LogP contribution in [0.4, 0.5) is 5.69 Å². The monoisotopic (exact) mass is 347 g/mol. The lowest BCUT2D eigenvalue weighted by atomic mass is 10.1. The summed E-state index contributed by atoms with van der Waals surface area (Å²) >= 11 is 3.38. The van der Waals surface area contributed by atoms with Crippen LogP contribution in [0.2, 0.25) is 0 Å². The van der Waals surface area contributed by atoms with Gasteiger partial charge in [0.05, 0.1) is 17.3 Å². The third kappa shape index (κ3) is 4.10. The number of aliphatic carboxylic acids is 1. The molecule has 4 nitrogen and oxygen atoms in total. The summed E-state index contributed by atoms with van der Waals surface area (Å²) in [6.07, 6.45) is 1.14. The van der Waals surface area contributed by atoms with Crippen LogP contribution in [-0.2, 0) is 4.79 Å². The third-order valence-corrected chi connectivity index (χ3v) is 3.44. The van der Waals surface area contributed by atoms with Gasteiger partial charge in [0, 0.05) is 17.8 Å². The summed E-state index contributed by atoms with van der Waals surface area (Å²) in [5, 5.41) is 12.1. The van der Waals surface area contributed by atoms with Crippen LogP contribution in [0.1, 0.15) is 5.56 Å². The fourth-order valence-corrected chi connectivity index (χ4v) is 2.23. The van der Waals surface area contributed by atoms with Crippen molar-refractivity contribution in [3.05, 3.63) is 64.6 Å². The Labute approximate surface area is 131 Å². The molecule has 0 fully saturated rings. The van der Waals surface area contributed by atoms with E-state index in [4.69, 9.17) is 9.84 Å². The van der Waals surface area contributed by atoms with Crippen LogP contribution in [0.15, 0.2) is 59.1 Å². The van der Waals surface area contributed by atoms with E-state index < -0.39 is 5.97 Å². The van der Waals surface area contributed by atoms with E-state index in [0.29, 0.717) is 11.4 Å². The van der Waals surface area contributed by atoms with Crippen LogP contribution in [0.25, 0.3) is 5.70 Å². The summed E-state index contributed by atoms with van der Waals surface area (Å²) in [6.45, 7) is 0. The second-order valence-corrected chi connectivity index (χ2v) is 5.09. The zero-order chi connectivity index (χ0) is 15.2. The molecule has 0 saturated heterocycles. The average molecular weight is 348 g/mol. The molecule has 2 aromatic carbocycles. The molecule has 0 heterocycles. The van der Waals surface area contributed by atoms with Gasteiger partial charge in [0.2, 0.25) is 0 Å². The smallest absolute Gasteiger partial charge is 0.330 e. The topological polar surface area (TPSA) is 58.6 Å². The van der Waals surface area contributed by atoms with Gasteiger partial charge in [0.1, 0.15) is 5.75 Å². The highest BCUT2D eigenvalue weighted by atomic mass is 79.9. The van der Waals surface area contributed by atoms with Crippen molar-refractivity contribution in [2.45, 2.75) is 0 Å². The molecule has 2 aromatic rings. The van der Waals surface area contributed by atoms with Gasteiger partial charge in [-0.05, 0) is 33.6 Å². The number of rotatable bonds is 5. The molecule has 0 saturated carbocycles. The number of nitrogens with one attached hydrogen (secondary N) is 1. The SMILES string of the molecule is COc1cc(N/C(=C\C(=O)O)c2ccccc2)ccc1Br. The number of hydrogen-bond acceptors (Lipinski definition) is 3. The van der Waals surface area contributed by atoms with Gasteiger partial charge < -0.3 is 15.2 Å². The first-order valence-corrected chi connectivity index (χ1v) is 7.00. The normalized spacial score (nSPS) is 11.0. The van der Waals surface area contributed by atoms with Crippen LogP contribution >= 0.6 is 15.9 Å². The van der Waals surface area contributed by atoms with Gasteiger partial charge in [-0.2, -0.15) is 0 Å². The number of anilines is 1. The Kier molecular flexibility index (Phi) is 5.00. The maximum atomic E-state index is 11.0. The molecule has 0 spiro atoms. The number of carboxylic acids is 1. The summed E-state index contributed by atoms with van der Waals surface area (Å²) in [4.78, 5) is 11.0. The fourth-order valence-electron chi connectivity index (χ4n) is 1.83. The van der Waals surface area contributed by atoms with Crippen molar-refractivity contribution in [2.24, 2.45) is 0 Å². The van der Waals surface area contributed by atoms with Gasteiger partial charge in [0.15, 0.2) is 0 Å². The molecular weight excluding hydrogens is 334 g/mol. The molecule has 2 rings (SSSR count). The van der Waals surface area contributed by atoms with E-state index in [-0.39, 0.29) is 0 Å². The largest absolute Gasteiger partial charge is 0.495 e. The quantitative estimate of drug-likeness (QED) is 0.802. The molecule has 0 unspecified atom stereocenters. The van der Waals surface area contributed by atoms with Crippen molar-refractivity contribution in [1.82, 2.24) is 0 Å². The fraction of sp³-hybridized carbons (Fsp3) is 0.0625. The van der Waals surface area contributed by atoms with Crippen LogP contribution in [-0.4, -0.2) is 18.2 Å². The first kappa shape index (κ1) is 15.1. The van der Waals surface area contributed by atoms with E-state index in [1.807, 2.05) is 42.5 Å². The number of methoxy groups -OCH3 is 1. The molecule has 0 aromatic heterocycles. The number of halogens is 1. The van der Waals surface area contributed by atoms with E-state index in [0.717, 1.165) is 21.8 Å². The average Bonchev–Trinajstić information content (AvgIpc) is 2.49. The molecule has 2 N–H and O–H groups in total. The van der Waals surface area contributed by atoms with E-state index >= 15 is 0 Å². The van der Waals surface area contributed by atoms with Gasteiger partial charge in [-0.3, -0.25) is 0 Å². The summed E-state index contributed by atoms with van der Waals surface area (Å²) in [6, 6.07) is 14.8. The zero-order valence-corrected chi connectivity index (χ0v) is 12.9. The Morgan fingerprint density at radius 3 is 2.57 bits per heavy atom. The Bertz CT molecular complexity index is 668. The zero-order valence-electron chi connectivity index (χ0n) is 11.3. The van der Waals surface area contributed by atoms with Crippen molar-refractivity contribution in [3.63, 3.8) is 0 Å². The van der Waals surface area contributed by atoms with Gasteiger partial charge in [-0.15, -0.1) is 0 Å². The molecule has 0 radical (unpaired) electrons. The highest BCUT2D eigenvalue weighted by molar-refractivity contribution is 9.10. The minimum absolute atomic E-state index is 0.507. The second kappa shape index (κ2) is 6.95. The number of carboxylic acid groups (broad SMARTS) is 1. The van der Waals surface area contributed by atoms with Crippen molar-refractivity contribution >= 4 is 33.3 Å². The maximum absolute atomic E-state index is 11.0. The molecule has 0 aliphatic rings. The number of carbonyl (C=O) groups is 1. The summed E-state index contributed by atoms with van der Waals surface area (Å²) in [7, 11) is 1.58. The second-order valence-electron chi connectivity index (χ2n) is 4.24. The number of hydrogen-bond donors (Lipinski definition) is 2. The molecule has 0 amide bonds. The Hall–Kier alpha value is -2.27. The van der Waals surface area contributed by atoms with Gasteiger partial charge in [0.25, 0.3) is 0 Å². The predicted molar refractivity (Wildman–Crippen MR) is 86.4 cm³/mol. The van der Waals surface area contributed by atoms with E-state index in [1.165, 1.54) is 0 Å². The molecule has 21 heavy (non-hydrogen) atoms. The first-order valence-electron chi connectivity index (χ1n) is 6.21. The lowest BCUT2D eigenvalue weighted by Crippen LogP contribution is -2.02. The van der Waals surface area contributed by atoms with E-state index in [1.54, 1.807) is 13.2 Å². The molecule has 0 bridgehead atoms. The minimum Gasteiger partial charge on any atom is -0.495 e. The number of benzene rings is 2. The van der Waals surface area contributed by atoms with E-state index in [2.05, 4.69) is 21.2 Å². The summed E-state index contributed by atoms with van der Waals surface area (Å²) in [5.41, 5.74) is 2.04. The van der Waals surface area contributed by atoms with Crippen LogP contribution in [0, 0.1) is 0 Å². The Balaban J connectivity index is 2.34. The minimum atomic E-state index is -1.01. The van der Waals surface area contributed by atoms with Gasteiger partial charge in [-0.1, -0.05) is 30.3 Å². The first-order chi connectivity index (χ1) is 10.1. The Morgan fingerprint density at radius 1 is 1.24 bits per heavy atom. The molecule has 5 heteroatoms. The number of ether oxygens (including phenoxy) is 1. The van der Waals surface area contributed by atoms with Crippen LogP contribution in [0.3, 0.4) is 0 Å². The Morgan fingerprint density at radius 2 is 1.95 bits per heavy atom. The third-order valence-electron chi connectivity index (χ3n) is 2.78. The van der Waals surface area contributed by atoms with Crippen molar-refractivity contribution in [2.75, 3.05) is 12.4 Å². The summed E-state index contributed by atoms with van der Waals surface area (Å²) < 4.78 is 6.06. The molecule has 0 atom stereocenters. The maximum Gasteiger partial charge on any atom is 0.330 e. The van der Waals surface area contributed by atoms with Crippen molar-refractivity contribution in [1.29, 1.82) is 0 Å². The van der Waals surface area contributed by atoms with E-state index in [9.17, 15) is 4.79 Å². The highest BCUT2D eigenvalue weighted by Crippen LogP contribution is 2.29. The standard InChI is InChI=1S/C16H14BrNO3/c1-21-15-9-12(7-8-13(15)17)18-14(10-16(19)20)11-5-3-2-4-6-11/h2-10,18H,1H3,(H,19,20)/b14-10-. The molecule has 0 aliphatic heterocycles. The van der Waals surface area contributed by atoms with Crippen LogP contribution in [0.5, 0.6) is 5.75 Å². The molecule has 108 valence electrons. The molecule has 0 aliphatic carbocycles. The highest BCUT2D eigenvalue weighted by Gasteiger charge is 2.07. The van der Waals surface area contributed by atoms with Gasteiger partial charge >= 0.3 is 5.97 Å². The lowest BCUT2D eigenvalue weighted by Gasteiger charge is -2.12.